The van der Waals surface area contributed by atoms with Gasteiger partial charge in [-0.3, -0.25) is 14.4 Å². The maximum atomic E-state index is 13.5. The fourth-order valence-electron chi connectivity index (χ4n) is 4.18. The average molecular weight is 446 g/mol. The SMILES string of the molecule is CCOC(=O)C1CCN(C(=O)c2cc(-c3ccc(NC(C)=O)cc3)nc3ccccc23)CC1. The maximum absolute atomic E-state index is 13.5. The minimum atomic E-state index is -0.177. The van der Waals surface area contributed by atoms with E-state index in [2.05, 4.69) is 5.32 Å². The third-order valence-corrected chi connectivity index (χ3v) is 5.85. The molecule has 1 fully saturated rings. The van der Waals surface area contributed by atoms with Crippen LogP contribution in [-0.2, 0) is 14.3 Å². The van der Waals surface area contributed by atoms with Crippen molar-refractivity contribution in [1.29, 1.82) is 0 Å². The van der Waals surface area contributed by atoms with E-state index >= 15 is 0 Å². The van der Waals surface area contributed by atoms with Gasteiger partial charge < -0.3 is 15.0 Å². The molecule has 0 saturated carbocycles. The second-order valence-corrected chi connectivity index (χ2v) is 8.15. The van der Waals surface area contributed by atoms with Crippen molar-refractivity contribution in [3.63, 3.8) is 0 Å². The number of hydrogen-bond donors (Lipinski definition) is 1. The van der Waals surface area contributed by atoms with Crippen LogP contribution in [0.1, 0.15) is 37.0 Å². The van der Waals surface area contributed by atoms with Crippen LogP contribution in [0, 0.1) is 5.92 Å². The minimum Gasteiger partial charge on any atom is -0.466 e. The highest BCUT2D eigenvalue weighted by molar-refractivity contribution is 6.07. The Kier molecular flexibility index (Phi) is 6.68. The molecule has 1 aromatic heterocycles. The van der Waals surface area contributed by atoms with Crippen molar-refractivity contribution in [2.45, 2.75) is 26.7 Å². The second kappa shape index (κ2) is 9.81. The molecule has 170 valence electrons. The van der Waals surface area contributed by atoms with E-state index in [1.54, 1.807) is 11.8 Å². The van der Waals surface area contributed by atoms with Crippen LogP contribution in [0.25, 0.3) is 22.2 Å². The summed E-state index contributed by atoms with van der Waals surface area (Å²) < 4.78 is 5.14. The van der Waals surface area contributed by atoms with E-state index in [1.807, 2.05) is 54.6 Å². The third-order valence-electron chi connectivity index (χ3n) is 5.85. The lowest BCUT2D eigenvalue weighted by molar-refractivity contribution is -0.149. The van der Waals surface area contributed by atoms with Crippen molar-refractivity contribution in [2.75, 3.05) is 25.0 Å². The zero-order chi connectivity index (χ0) is 23.4. The molecule has 1 saturated heterocycles. The van der Waals surface area contributed by atoms with Crippen LogP contribution in [0.3, 0.4) is 0 Å². The van der Waals surface area contributed by atoms with Crippen LogP contribution >= 0.6 is 0 Å². The lowest BCUT2D eigenvalue weighted by atomic mass is 9.95. The van der Waals surface area contributed by atoms with Crippen LogP contribution in [0.4, 0.5) is 5.69 Å². The van der Waals surface area contributed by atoms with Gasteiger partial charge in [0.1, 0.15) is 0 Å². The number of nitrogens with zero attached hydrogens (tertiary/aromatic N) is 2. The average Bonchev–Trinajstić information content (AvgIpc) is 2.83. The zero-order valence-corrected chi connectivity index (χ0v) is 18.8. The highest BCUT2D eigenvalue weighted by Gasteiger charge is 2.29. The molecule has 7 heteroatoms. The van der Waals surface area contributed by atoms with Crippen molar-refractivity contribution in [1.82, 2.24) is 9.88 Å². The molecule has 0 aliphatic carbocycles. The molecule has 3 aromatic rings. The molecule has 0 bridgehead atoms. The number of nitrogens with one attached hydrogen (secondary N) is 1. The number of anilines is 1. The Morgan fingerprint density at radius 1 is 1.06 bits per heavy atom. The predicted molar refractivity (Wildman–Crippen MR) is 127 cm³/mol. The van der Waals surface area contributed by atoms with Gasteiger partial charge in [-0.1, -0.05) is 30.3 Å². The Morgan fingerprint density at radius 2 is 1.76 bits per heavy atom. The van der Waals surface area contributed by atoms with Crippen LogP contribution in [0.15, 0.2) is 54.6 Å². The molecule has 0 radical (unpaired) electrons. The summed E-state index contributed by atoms with van der Waals surface area (Å²) in [5.74, 6) is -0.525. The Morgan fingerprint density at radius 3 is 2.42 bits per heavy atom. The second-order valence-electron chi connectivity index (χ2n) is 8.15. The number of rotatable bonds is 5. The number of pyridine rings is 1. The summed E-state index contributed by atoms with van der Waals surface area (Å²) in [6.45, 7) is 4.66. The Balaban J connectivity index is 1.62. The number of piperidine rings is 1. The van der Waals surface area contributed by atoms with Crippen LogP contribution in [0.2, 0.25) is 0 Å². The molecular formula is C26H27N3O4. The lowest BCUT2D eigenvalue weighted by Crippen LogP contribution is -2.40. The summed E-state index contributed by atoms with van der Waals surface area (Å²) >= 11 is 0. The highest BCUT2D eigenvalue weighted by Crippen LogP contribution is 2.28. The van der Waals surface area contributed by atoms with Gasteiger partial charge in [0.25, 0.3) is 5.91 Å². The lowest BCUT2D eigenvalue weighted by Gasteiger charge is -2.31. The first-order chi connectivity index (χ1) is 16.0. The van der Waals surface area contributed by atoms with E-state index in [0.717, 1.165) is 16.5 Å². The minimum absolute atomic E-state index is 0.0629. The molecule has 0 unspecified atom stereocenters. The molecule has 0 atom stereocenters. The van der Waals surface area contributed by atoms with Gasteiger partial charge in [0.15, 0.2) is 0 Å². The van der Waals surface area contributed by atoms with Gasteiger partial charge in [0.2, 0.25) is 5.91 Å². The van der Waals surface area contributed by atoms with E-state index in [4.69, 9.17) is 9.72 Å². The standard InChI is InChI=1S/C26H27N3O4/c1-3-33-26(32)19-12-14-29(15-13-19)25(31)22-16-24(28-23-7-5-4-6-21(22)23)18-8-10-20(11-9-18)27-17(2)30/h4-11,16,19H,3,12-15H2,1-2H3,(H,27,30). The molecule has 2 heterocycles. The number of carbonyl (C=O) groups excluding carboxylic acids is 3. The van der Waals surface area contributed by atoms with E-state index in [-0.39, 0.29) is 23.7 Å². The zero-order valence-electron chi connectivity index (χ0n) is 18.8. The molecule has 1 aliphatic heterocycles. The number of benzene rings is 2. The Bertz CT molecular complexity index is 1180. The first kappa shape index (κ1) is 22.5. The van der Waals surface area contributed by atoms with Crippen molar-refractivity contribution >= 4 is 34.4 Å². The molecular weight excluding hydrogens is 418 g/mol. The monoisotopic (exact) mass is 445 g/mol. The van der Waals surface area contributed by atoms with Gasteiger partial charge in [0, 0.05) is 36.7 Å². The van der Waals surface area contributed by atoms with E-state index < -0.39 is 0 Å². The van der Waals surface area contributed by atoms with Crippen molar-refractivity contribution in [3.05, 3.63) is 60.2 Å². The third kappa shape index (κ3) is 5.03. The van der Waals surface area contributed by atoms with Gasteiger partial charge in [-0.05, 0) is 44.0 Å². The van der Waals surface area contributed by atoms with E-state index in [0.29, 0.717) is 49.5 Å². The van der Waals surface area contributed by atoms with Crippen molar-refractivity contribution in [3.8, 4) is 11.3 Å². The number of esters is 1. The summed E-state index contributed by atoms with van der Waals surface area (Å²) in [6.07, 6.45) is 1.20. The molecule has 1 aliphatic rings. The summed E-state index contributed by atoms with van der Waals surface area (Å²) in [6, 6.07) is 16.8. The number of fused-ring (bicyclic) bond motifs is 1. The van der Waals surface area contributed by atoms with Crippen LogP contribution < -0.4 is 5.32 Å². The first-order valence-electron chi connectivity index (χ1n) is 11.2. The highest BCUT2D eigenvalue weighted by atomic mass is 16.5. The maximum Gasteiger partial charge on any atom is 0.309 e. The number of carbonyl (C=O) groups is 3. The number of amides is 2. The largest absolute Gasteiger partial charge is 0.466 e. The van der Waals surface area contributed by atoms with Gasteiger partial charge in [0.05, 0.1) is 29.3 Å². The summed E-state index contributed by atoms with van der Waals surface area (Å²) in [5, 5.41) is 3.55. The van der Waals surface area contributed by atoms with Gasteiger partial charge >= 0.3 is 5.97 Å². The smallest absolute Gasteiger partial charge is 0.309 e. The Labute approximate surface area is 192 Å². The molecule has 0 spiro atoms. The summed E-state index contributed by atoms with van der Waals surface area (Å²) in [4.78, 5) is 43.4. The Hall–Kier alpha value is -3.74. The molecule has 7 nitrogen and oxygen atoms in total. The molecule has 33 heavy (non-hydrogen) atoms. The quantitative estimate of drug-likeness (QED) is 0.593. The number of aromatic nitrogens is 1. The van der Waals surface area contributed by atoms with Crippen molar-refractivity contribution < 1.29 is 19.1 Å². The first-order valence-corrected chi connectivity index (χ1v) is 11.2. The number of likely N-dealkylation sites (tertiary alicyclic amines) is 1. The van der Waals surface area contributed by atoms with Gasteiger partial charge in [-0.2, -0.15) is 0 Å². The summed E-state index contributed by atoms with van der Waals surface area (Å²) in [7, 11) is 0. The molecule has 4 rings (SSSR count). The molecule has 1 N–H and O–H groups in total. The normalized spacial score (nSPS) is 14.2. The van der Waals surface area contributed by atoms with Gasteiger partial charge in [-0.15, -0.1) is 0 Å². The summed E-state index contributed by atoms with van der Waals surface area (Å²) in [5.41, 5.74) is 3.58. The number of ether oxygens (including phenoxy) is 1. The fraction of sp³-hybridized carbons (Fsp3) is 0.308. The van der Waals surface area contributed by atoms with E-state index in [1.165, 1.54) is 6.92 Å². The van der Waals surface area contributed by atoms with Gasteiger partial charge in [-0.25, -0.2) is 4.98 Å². The van der Waals surface area contributed by atoms with Crippen molar-refractivity contribution in [2.24, 2.45) is 5.92 Å². The van der Waals surface area contributed by atoms with Crippen LogP contribution in [0.5, 0.6) is 0 Å². The predicted octanol–water partition coefficient (Wildman–Crippen LogP) is 4.28. The topological polar surface area (TPSA) is 88.6 Å². The molecule has 2 amide bonds. The number of hydrogen-bond acceptors (Lipinski definition) is 5. The fourth-order valence-corrected chi connectivity index (χ4v) is 4.18. The van der Waals surface area contributed by atoms with E-state index in [9.17, 15) is 14.4 Å². The number of para-hydroxylation sites is 1. The molecule has 2 aromatic carbocycles. The van der Waals surface area contributed by atoms with Crippen LogP contribution in [-0.4, -0.2) is 47.4 Å².